The fourth-order valence-electron chi connectivity index (χ4n) is 3.25. The van der Waals surface area contributed by atoms with Crippen molar-refractivity contribution >= 4 is 27.9 Å². The van der Waals surface area contributed by atoms with E-state index in [4.69, 9.17) is 0 Å². The van der Waals surface area contributed by atoms with Gasteiger partial charge in [0.2, 0.25) is 10.0 Å². The molecule has 0 spiro atoms. The lowest BCUT2D eigenvalue weighted by Gasteiger charge is -2.32. The Morgan fingerprint density at radius 1 is 0.963 bits per heavy atom. The van der Waals surface area contributed by atoms with E-state index in [1.165, 1.54) is 4.31 Å². The lowest BCUT2D eigenvalue weighted by Crippen LogP contribution is -3.16. The maximum atomic E-state index is 12.7. The fraction of sp³-hybridized carbons (Fsp3) is 0.471. The van der Waals surface area contributed by atoms with Gasteiger partial charge in [0.05, 0.1) is 31.1 Å². The summed E-state index contributed by atoms with van der Waals surface area (Å²) in [6.45, 7) is 5.21. The fourth-order valence-corrected chi connectivity index (χ4v) is 4.69. The first-order chi connectivity index (χ1) is 12.8. The van der Waals surface area contributed by atoms with Crippen LogP contribution in [0.5, 0.6) is 0 Å². The Bertz CT molecular complexity index is 860. The Morgan fingerprint density at radius 2 is 1.52 bits per heavy atom. The topological polar surface area (TPSA) is 99.5 Å². The van der Waals surface area contributed by atoms with Crippen molar-refractivity contribution in [2.45, 2.75) is 18.7 Å². The summed E-state index contributed by atoms with van der Waals surface area (Å²) in [5, 5.41) is 0. The van der Waals surface area contributed by atoms with Crippen LogP contribution in [0.1, 0.15) is 12.5 Å². The number of nitrogens with zero attached hydrogens (tertiary/aromatic N) is 3. The molecule has 2 saturated heterocycles. The van der Waals surface area contributed by atoms with Crippen molar-refractivity contribution in [2.24, 2.45) is 0 Å². The number of hydrogen-bond donors (Lipinski definition) is 1. The van der Waals surface area contributed by atoms with Crippen LogP contribution in [-0.2, 0) is 19.6 Å². The van der Waals surface area contributed by atoms with Crippen LogP contribution in [-0.4, -0.2) is 79.8 Å². The number of imide groups is 2. The van der Waals surface area contributed by atoms with Crippen molar-refractivity contribution in [3.8, 4) is 0 Å². The van der Waals surface area contributed by atoms with E-state index in [0.717, 1.165) is 20.3 Å². The third kappa shape index (κ3) is 3.60. The number of carbonyl (C=O) groups excluding carboxylic acids is 3. The molecule has 27 heavy (non-hydrogen) atoms. The standard InChI is InChI=1S/C17H22N4O5S/c1-3-20-15(22)16(23)21(17(20)24)12-18-8-10-19(11-9-18)27(25,26)14-6-4-13(2)5-7-14/h4-7H,3,8-12H2,1-2H3/p+1. The second kappa shape index (κ2) is 7.37. The minimum atomic E-state index is -3.56. The SMILES string of the molecule is CCN1C(=O)C(=O)N(C[NH+]2CCN(S(=O)(=O)c3ccc(C)cc3)CC2)C1=O. The van der Waals surface area contributed by atoms with Crippen molar-refractivity contribution in [2.75, 3.05) is 39.4 Å². The monoisotopic (exact) mass is 395 g/mol. The van der Waals surface area contributed by atoms with Crippen LogP contribution in [0.2, 0.25) is 0 Å². The smallest absolute Gasteiger partial charge is 0.315 e. The predicted octanol–water partition coefficient (Wildman–Crippen LogP) is -1.35. The van der Waals surface area contributed by atoms with Crippen molar-refractivity contribution in [3.05, 3.63) is 29.8 Å². The molecule has 1 aromatic rings. The van der Waals surface area contributed by atoms with Gasteiger partial charge >= 0.3 is 17.8 Å². The van der Waals surface area contributed by atoms with Crippen LogP contribution >= 0.6 is 0 Å². The maximum absolute atomic E-state index is 12.7. The highest BCUT2D eigenvalue weighted by Crippen LogP contribution is 2.16. The largest absolute Gasteiger partial charge is 0.338 e. The summed E-state index contributed by atoms with van der Waals surface area (Å²) in [5.74, 6) is -1.62. The predicted molar refractivity (Wildman–Crippen MR) is 95.1 cm³/mol. The highest BCUT2D eigenvalue weighted by atomic mass is 32.2. The number of sulfonamides is 1. The lowest BCUT2D eigenvalue weighted by atomic mass is 10.2. The number of likely N-dealkylation sites (N-methyl/N-ethyl adjacent to an activating group) is 1. The van der Waals surface area contributed by atoms with Crippen LogP contribution in [0.4, 0.5) is 4.79 Å². The highest BCUT2D eigenvalue weighted by Gasteiger charge is 2.45. The first-order valence-electron chi connectivity index (χ1n) is 8.83. The van der Waals surface area contributed by atoms with Crippen LogP contribution in [0.15, 0.2) is 29.2 Å². The molecular formula is C17H23N4O5S+. The van der Waals surface area contributed by atoms with E-state index in [1.807, 2.05) is 6.92 Å². The van der Waals surface area contributed by atoms with Crippen LogP contribution in [0.3, 0.4) is 0 Å². The summed E-state index contributed by atoms with van der Waals surface area (Å²) in [4.78, 5) is 38.9. The zero-order valence-electron chi connectivity index (χ0n) is 15.3. The summed E-state index contributed by atoms with van der Waals surface area (Å²) in [6, 6.07) is 6.10. The van der Waals surface area contributed by atoms with Crippen LogP contribution < -0.4 is 4.90 Å². The lowest BCUT2D eigenvalue weighted by molar-refractivity contribution is -0.910. The molecule has 0 radical (unpaired) electrons. The minimum absolute atomic E-state index is 0.0678. The van der Waals surface area contributed by atoms with Gasteiger partial charge in [-0.05, 0) is 26.0 Å². The molecule has 0 atom stereocenters. The number of amides is 4. The molecule has 1 aromatic carbocycles. The molecule has 0 unspecified atom stereocenters. The van der Waals surface area contributed by atoms with Gasteiger partial charge in [-0.2, -0.15) is 4.31 Å². The van der Waals surface area contributed by atoms with Crippen LogP contribution in [0, 0.1) is 6.92 Å². The molecule has 0 aromatic heterocycles. The second-order valence-electron chi connectivity index (χ2n) is 6.69. The molecule has 1 N–H and O–H groups in total. The molecule has 2 aliphatic rings. The molecule has 0 aliphatic carbocycles. The Kier molecular flexibility index (Phi) is 5.31. The van der Waals surface area contributed by atoms with Crippen molar-refractivity contribution < 1.29 is 27.7 Å². The number of nitrogens with one attached hydrogen (secondary N) is 1. The summed E-state index contributed by atoms with van der Waals surface area (Å²) in [6.07, 6.45) is 0. The van der Waals surface area contributed by atoms with E-state index >= 15 is 0 Å². The van der Waals surface area contributed by atoms with Crippen molar-refractivity contribution in [1.82, 2.24) is 14.1 Å². The first-order valence-corrected chi connectivity index (χ1v) is 10.3. The zero-order valence-corrected chi connectivity index (χ0v) is 16.2. The molecule has 146 valence electrons. The van der Waals surface area contributed by atoms with E-state index < -0.39 is 27.9 Å². The van der Waals surface area contributed by atoms with E-state index in [2.05, 4.69) is 0 Å². The average molecular weight is 395 g/mol. The van der Waals surface area contributed by atoms with Gasteiger partial charge in [0.1, 0.15) is 0 Å². The molecule has 9 nitrogen and oxygen atoms in total. The molecule has 0 saturated carbocycles. The highest BCUT2D eigenvalue weighted by molar-refractivity contribution is 7.89. The normalized spacial score (nSPS) is 20.0. The molecule has 2 aliphatic heterocycles. The zero-order chi connectivity index (χ0) is 19.8. The maximum Gasteiger partial charge on any atom is 0.338 e. The Hall–Kier alpha value is -2.30. The van der Waals surface area contributed by atoms with Gasteiger partial charge < -0.3 is 4.90 Å². The van der Waals surface area contributed by atoms with E-state index in [-0.39, 0.29) is 31.2 Å². The molecular weight excluding hydrogens is 372 g/mol. The van der Waals surface area contributed by atoms with Gasteiger partial charge in [-0.1, -0.05) is 17.7 Å². The third-order valence-electron chi connectivity index (χ3n) is 4.92. The molecule has 2 heterocycles. The summed E-state index contributed by atoms with van der Waals surface area (Å²) in [7, 11) is -3.56. The summed E-state index contributed by atoms with van der Waals surface area (Å²) < 4.78 is 26.9. The second-order valence-corrected chi connectivity index (χ2v) is 8.63. The van der Waals surface area contributed by atoms with Crippen molar-refractivity contribution in [1.29, 1.82) is 0 Å². The van der Waals surface area contributed by atoms with E-state index in [0.29, 0.717) is 13.1 Å². The van der Waals surface area contributed by atoms with E-state index in [1.54, 1.807) is 31.2 Å². The third-order valence-corrected chi connectivity index (χ3v) is 6.83. The summed E-state index contributed by atoms with van der Waals surface area (Å²) in [5.41, 5.74) is 0.985. The van der Waals surface area contributed by atoms with Gasteiger partial charge in [-0.15, -0.1) is 0 Å². The van der Waals surface area contributed by atoms with Gasteiger partial charge in [-0.25, -0.2) is 18.1 Å². The Balaban J connectivity index is 1.62. The van der Waals surface area contributed by atoms with Gasteiger partial charge in [0.25, 0.3) is 0 Å². The first kappa shape index (κ1) is 19.5. The number of piperazine rings is 1. The average Bonchev–Trinajstić information content (AvgIpc) is 2.85. The van der Waals surface area contributed by atoms with Crippen molar-refractivity contribution in [3.63, 3.8) is 0 Å². The number of aryl methyl sites for hydroxylation is 1. The van der Waals surface area contributed by atoms with Gasteiger partial charge in [-0.3, -0.25) is 14.5 Å². The molecule has 10 heteroatoms. The molecule has 0 bridgehead atoms. The van der Waals surface area contributed by atoms with Gasteiger partial charge in [0, 0.05) is 6.54 Å². The number of carbonyl (C=O) groups is 3. The number of rotatable bonds is 5. The Labute approximate surface area is 158 Å². The Morgan fingerprint density at radius 3 is 2.04 bits per heavy atom. The van der Waals surface area contributed by atoms with E-state index in [9.17, 15) is 22.8 Å². The summed E-state index contributed by atoms with van der Waals surface area (Å²) >= 11 is 0. The molecule has 3 rings (SSSR count). The quantitative estimate of drug-likeness (QED) is 0.491. The number of hydrogen-bond acceptors (Lipinski definition) is 5. The molecule has 2 fully saturated rings. The van der Waals surface area contributed by atoms with Gasteiger partial charge in [0.15, 0.2) is 6.67 Å². The number of urea groups is 1. The van der Waals surface area contributed by atoms with Crippen LogP contribution in [0.25, 0.3) is 0 Å². The number of benzene rings is 1. The number of quaternary nitrogens is 1. The minimum Gasteiger partial charge on any atom is -0.315 e. The molecule has 4 amide bonds.